The van der Waals surface area contributed by atoms with E-state index >= 15 is 0 Å². The zero-order valence-electron chi connectivity index (χ0n) is 6.12. The lowest BCUT2D eigenvalue weighted by atomic mass is 10.3. The molecular weight excluding hydrogens is 148 g/mol. The Kier molecular flexibility index (Phi) is 3.15. The summed E-state index contributed by atoms with van der Waals surface area (Å²) >= 11 is 1.87. The van der Waals surface area contributed by atoms with Crippen LogP contribution in [0.1, 0.15) is 13.3 Å². The van der Waals surface area contributed by atoms with Gasteiger partial charge in [0.15, 0.2) is 0 Å². The molecule has 1 atom stereocenters. The van der Waals surface area contributed by atoms with Gasteiger partial charge in [0, 0.05) is 18.2 Å². The van der Waals surface area contributed by atoms with Crippen LogP contribution in [-0.4, -0.2) is 29.2 Å². The fourth-order valence-electron chi connectivity index (χ4n) is 1.06. The number of nitrogens with zero attached hydrogens (tertiary/aromatic N) is 2. The Morgan fingerprint density at radius 1 is 1.80 bits per heavy atom. The molecule has 1 unspecified atom stereocenters. The number of rotatable bonds is 3. The van der Waals surface area contributed by atoms with E-state index in [0.717, 1.165) is 24.6 Å². The first-order chi connectivity index (χ1) is 4.88. The fourth-order valence-corrected chi connectivity index (χ4v) is 2.09. The minimum Gasteiger partial charge on any atom is -0.269 e. The highest BCUT2D eigenvalue weighted by molar-refractivity contribution is 7.99. The predicted octanol–water partition coefficient (Wildman–Crippen LogP) is 1.50. The summed E-state index contributed by atoms with van der Waals surface area (Å²) in [5, 5.41) is 3.05. The maximum atomic E-state index is 10.2. The molecule has 1 aliphatic heterocycles. The fraction of sp³-hybridized carbons (Fsp3) is 1.00. The molecule has 1 saturated heterocycles. The van der Waals surface area contributed by atoms with Gasteiger partial charge in [0.1, 0.15) is 6.17 Å². The van der Waals surface area contributed by atoms with Crippen LogP contribution in [-0.2, 0) is 0 Å². The van der Waals surface area contributed by atoms with Crippen LogP contribution < -0.4 is 0 Å². The van der Waals surface area contributed by atoms with Crippen molar-refractivity contribution >= 4 is 11.8 Å². The Morgan fingerprint density at radius 3 is 3.00 bits per heavy atom. The van der Waals surface area contributed by atoms with Crippen molar-refractivity contribution in [2.75, 3.05) is 18.2 Å². The van der Waals surface area contributed by atoms with Gasteiger partial charge in [-0.15, -0.1) is 16.7 Å². The molecule has 3 nitrogen and oxygen atoms in total. The summed E-state index contributed by atoms with van der Waals surface area (Å²) in [6.07, 6.45) is 0.763. The van der Waals surface area contributed by atoms with Crippen molar-refractivity contribution in [3.05, 3.63) is 4.91 Å². The summed E-state index contributed by atoms with van der Waals surface area (Å²) in [5.74, 6) is 2.12. The van der Waals surface area contributed by atoms with E-state index in [-0.39, 0.29) is 6.17 Å². The third-order valence-corrected chi connectivity index (χ3v) is 2.67. The number of hydrogen-bond donors (Lipinski definition) is 0. The van der Waals surface area contributed by atoms with Crippen molar-refractivity contribution < 1.29 is 0 Å². The van der Waals surface area contributed by atoms with Gasteiger partial charge in [-0.2, -0.15) is 0 Å². The highest BCUT2D eigenvalue weighted by Gasteiger charge is 2.20. The van der Waals surface area contributed by atoms with Crippen molar-refractivity contribution in [1.82, 2.24) is 4.90 Å². The molecule has 1 aliphatic rings. The molecule has 1 heterocycles. The summed E-state index contributed by atoms with van der Waals surface area (Å²) in [7, 11) is 0. The third-order valence-electron chi connectivity index (χ3n) is 1.69. The van der Waals surface area contributed by atoms with Crippen LogP contribution in [0.2, 0.25) is 0 Å². The quantitative estimate of drug-likeness (QED) is 0.586. The average Bonchev–Trinajstić information content (AvgIpc) is 2.43. The average molecular weight is 160 g/mol. The normalized spacial score (nSPS) is 22.9. The van der Waals surface area contributed by atoms with Crippen molar-refractivity contribution in [2.24, 2.45) is 5.18 Å². The van der Waals surface area contributed by atoms with E-state index in [4.69, 9.17) is 0 Å². The topological polar surface area (TPSA) is 32.7 Å². The van der Waals surface area contributed by atoms with Gasteiger partial charge in [0.2, 0.25) is 0 Å². The van der Waals surface area contributed by atoms with Crippen LogP contribution in [0.5, 0.6) is 0 Å². The SMILES string of the molecule is CCC(N=O)N1CCSC1. The van der Waals surface area contributed by atoms with E-state index < -0.39 is 0 Å². The number of nitroso groups, excluding NO2 is 1. The van der Waals surface area contributed by atoms with Gasteiger partial charge in [0.05, 0.1) is 0 Å². The summed E-state index contributed by atoms with van der Waals surface area (Å²) < 4.78 is 0. The Hall–Kier alpha value is -0.0900. The molecule has 10 heavy (non-hydrogen) atoms. The first-order valence-electron chi connectivity index (χ1n) is 3.52. The van der Waals surface area contributed by atoms with Crippen LogP contribution >= 0.6 is 11.8 Å². The monoisotopic (exact) mass is 160 g/mol. The molecule has 1 rings (SSSR count). The van der Waals surface area contributed by atoms with E-state index in [1.54, 1.807) is 0 Å². The molecule has 0 radical (unpaired) electrons. The van der Waals surface area contributed by atoms with Crippen molar-refractivity contribution in [2.45, 2.75) is 19.5 Å². The lowest BCUT2D eigenvalue weighted by Crippen LogP contribution is -2.30. The van der Waals surface area contributed by atoms with Crippen molar-refractivity contribution in [3.63, 3.8) is 0 Å². The van der Waals surface area contributed by atoms with Gasteiger partial charge in [-0.3, -0.25) is 4.90 Å². The van der Waals surface area contributed by atoms with E-state index in [9.17, 15) is 4.91 Å². The molecule has 0 aliphatic carbocycles. The summed E-state index contributed by atoms with van der Waals surface area (Å²) in [6, 6.07) is 0. The molecule has 4 heteroatoms. The molecule has 0 spiro atoms. The summed E-state index contributed by atoms with van der Waals surface area (Å²) in [4.78, 5) is 12.3. The molecule has 0 aromatic rings. The first-order valence-corrected chi connectivity index (χ1v) is 4.68. The zero-order valence-corrected chi connectivity index (χ0v) is 6.93. The van der Waals surface area contributed by atoms with Gasteiger partial charge in [0.25, 0.3) is 0 Å². The third kappa shape index (κ3) is 1.70. The molecule has 0 amide bonds. The molecule has 0 bridgehead atoms. The van der Waals surface area contributed by atoms with Gasteiger partial charge in [-0.1, -0.05) is 12.1 Å². The second-order valence-corrected chi connectivity index (χ2v) is 3.42. The molecule has 1 fully saturated rings. The zero-order chi connectivity index (χ0) is 7.40. The van der Waals surface area contributed by atoms with Gasteiger partial charge in [-0.05, 0) is 6.42 Å². The highest BCUT2D eigenvalue weighted by Crippen LogP contribution is 2.18. The smallest absolute Gasteiger partial charge is 0.145 e. The Balaban J connectivity index is 2.36. The summed E-state index contributed by atoms with van der Waals surface area (Å²) in [6.45, 7) is 3.02. The van der Waals surface area contributed by atoms with Crippen LogP contribution in [0, 0.1) is 4.91 Å². The van der Waals surface area contributed by atoms with Crippen LogP contribution in [0.4, 0.5) is 0 Å². The maximum absolute atomic E-state index is 10.2. The minimum absolute atomic E-state index is 0.0741. The van der Waals surface area contributed by atoms with Gasteiger partial charge < -0.3 is 0 Å². The highest BCUT2D eigenvalue weighted by atomic mass is 32.2. The lowest BCUT2D eigenvalue weighted by molar-refractivity contribution is 0.255. The molecular formula is C6H12N2OS. The Labute approximate surface area is 65.1 Å². The number of thioether (sulfide) groups is 1. The second kappa shape index (κ2) is 3.93. The van der Waals surface area contributed by atoms with Gasteiger partial charge >= 0.3 is 0 Å². The van der Waals surface area contributed by atoms with E-state index in [1.165, 1.54) is 0 Å². The Morgan fingerprint density at radius 2 is 2.60 bits per heavy atom. The molecule has 0 N–H and O–H groups in total. The van der Waals surface area contributed by atoms with Crippen molar-refractivity contribution in [1.29, 1.82) is 0 Å². The van der Waals surface area contributed by atoms with E-state index in [1.807, 2.05) is 18.7 Å². The van der Waals surface area contributed by atoms with Crippen LogP contribution in [0.15, 0.2) is 5.18 Å². The predicted molar refractivity (Wildman–Crippen MR) is 43.9 cm³/mol. The van der Waals surface area contributed by atoms with Crippen molar-refractivity contribution in [3.8, 4) is 0 Å². The largest absolute Gasteiger partial charge is 0.269 e. The molecule has 0 saturated carbocycles. The standard InChI is InChI=1S/C6H12N2OS/c1-2-6(7-9)8-3-4-10-5-8/h6H,2-5H2,1H3. The minimum atomic E-state index is -0.0741. The second-order valence-electron chi connectivity index (χ2n) is 2.34. The van der Waals surface area contributed by atoms with Crippen LogP contribution in [0.25, 0.3) is 0 Å². The Bertz CT molecular complexity index is 114. The maximum Gasteiger partial charge on any atom is 0.145 e. The van der Waals surface area contributed by atoms with E-state index in [0.29, 0.717) is 0 Å². The first kappa shape index (κ1) is 8.01. The molecule has 0 aromatic heterocycles. The lowest BCUT2D eigenvalue weighted by Gasteiger charge is -2.17. The summed E-state index contributed by atoms with van der Waals surface area (Å²) in [5.41, 5.74) is 0. The van der Waals surface area contributed by atoms with Gasteiger partial charge in [-0.25, -0.2) is 0 Å². The molecule has 58 valence electrons. The van der Waals surface area contributed by atoms with E-state index in [2.05, 4.69) is 10.1 Å². The molecule has 0 aromatic carbocycles. The number of hydrogen-bond acceptors (Lipinski definition) is 4. The van der Waals surface area contributed by atoms with Crippen LogP contribution in [0.3, 0.4) is 0 Å².